The molecule has 1 spiro atoms. The highest BCUT2D eigenvalue weighted by Crippen LogP contribution is 2.39. The van der Waals surface area contributed by atoms with Gasteiger partial charge in [0, 0.05) is 19.5 Å². The summed E-state index contributed by atoms with van der Waals surface area (Å²) in [4.78, 5) is 40.7. The van der Waals surface area contributed by atoms with Gasteiger partial charge in [0.2, 0.25) is 5.91 Å². The number of carbonyl (C=O) groups is 3. The third kappa shape index (κ3) is 3.70. The van der Waals surface area contributed by atoms with E-state index in [9.17, 15) is 14.4 Å². The third-order valence-electron chi connectivity index (χ3n) is 6.09. The molecule has 27 heavy (non-hydrogen) atoms. The molecule has 1 N–H and O–H groups in total. The highest BCUT2D eigenvalue weighted by molar-refractivity contribution is 6.08. The number of hydrogen-bond donors (Lipinski definition) is 1. The van der Waals surface area contributed by atoms with E-state index in [4.69, 9.17) is 0 Å². The van der Waals surface area contributed by atoms with Gasteiger partial charge in [-0.05, 0) is 24.8 Å². The number of nitrogens with one attached hydrogen (secondary N) is 1. The van der Waals surface area contributed by atoms with E-state index in [1.807, 2.05) is 18.2 Å². The zero-order chi connectivity index (χ0) is 19.4. The first-order chi connectivity index (χ1) is 13.0. The van der Waals surface area contributed by atoms with Crippen LogP contribution in [0, 0.1) is 0 Å². The summed E-state index contributed by atoms with van der Waals surface area (Å²) in [5.74, 6) is -0.278. The number of hydrogen-bond acceptors (Lipinski definition) is 3. The summed E-state index contributed by atoms with van der Waals surface area (Å²) in [6, 6.07) is 9.69. The second kappa shape index (κ2) is 8.11. The Morgan fingerprint density at radius 3 is 2.44 bits per heavy atom. The number of carbonyl (C=O) groups excluding carboxylic acids is 3. The fourth-order valence-corrected chi connectivity index (χ4v) is 4.33. The molecule has 0 aromatic heterocycles. The van der Waals surface area contributed by atoms with Crippen LogP contribution in [0.5, 0.6) is 0 Å². The van der Waals surface area contributed by atoms with Crippen molar-refractivity contribution in [1.29, 1.82) is 0 Å². The van der Waals surface area contributed by atoms with Crippen molar-refractivity contribution in [2.75, 3.05) is 20.1 Å². The highest BCUT2D eigenvalue weighted by atomic mass is 16.2. The second-order valence-corrected chi connectivity index (χ2v) is 7.65. The maximum atomic E-state index is 12.9. The largest absolute Gasteiger partial charge is 0.354 e. The van der Waals surface area contributed by atoms with Crippen molar-refractivity contribution in [2.24, 2.45) is 0 Å². The maximum Gasteiger partial charge on any atom is 0.327 e. The van der Waals surface area contributed by atoms with Gasteiger partial charge in [0.25, 0.3) is 5.91 Å². The Hall–Kier alpha value is -2.37. The van der Waals surface area contributed by atoms with Crippen LogP contribution in [0.3, 0.4) is 0 Å². The van der Waals surface area contributed by atoms with Crippen molar-refractivity contribution in [1.82, 2.24) is 15.1 Å². The molecule has 1 aromatic carbocycles. The van der Waals surface area contributed by atoms with Crippen molar-refractivity contribution in [3.05, 3.63) is 35.9 Å². The van der Waals surface area contributed by atoms with Crippen LogP contribution in [0.1, 0.15) is 56.9 Å². The number of urea groups is 1. The van der Waals surface area contributed by atoms with Crippen LogP contribution >= 0.6 is 0 Å². The van der Waals surface area contributed by atoms with Crippen molar-refractivity contribution >= 4 is 17.8 Å². The summed E-state index contributed by atoms with van der Waals surface area (Å²) < 4.78 is 0. The first kappa shape index (κ1) is 19.4. The van der Waals surface area contributed by atoms with E-state index in [2.05, 4.69) is 24.4 Å². The maximum absolute atomic E-state index is 12.9. The first-order valence-corrected chi connectivity index (χ1v) is 9.91. The molecule has 6 heteroatoms. The highest BCUT2D eigenvalue weighted by Gasteiger charge is 2.55. The van der Waals surface area contributed by atoms with Crippen molar-refractivity contribution in [3.8, 4) is 0 Å². The molecule has 3 rings (SSSR count). The predicted octanol–water partition coefficient (Wildman–Crippen LogP) is 2.89. The monoisotopic (exact) mass is 371 g/mol. The molecule has 1 aliphatic heterocycles. The number of benzene rings is 1. The SMILES string of the molecule is CCC(CNC(=O)CN1C(=O)N(C)C2(CCCCC2)C1=O)c1ccccc1. The summed E-state index contributed by atoms with van der Waals surface area (Å²) in [6.45, 7) is 2.38. The van der Waals surface area contributed by atoms with E-state index in [-0.39, 0.29) is 30.3 Å². The minimum atomic E-state index is -0.731. The smallest absolute Gasteiger partial charge is 0.327 e. The normalized spacial score (nSPS) is 20.2. The van der Waals surface area contributed by atoms with E-state index >= 15 is 0 Å². The molecule has 2 fully saturated rings. The van der Waals surface area contributed by atoms with Gasteiger partial charge in [0.1, 0.15) is 12.1 Å². The minimum absolute atomic E-state index is 0.199. The van der Waals surface area contributed by atoms with Gasteiger partial charge in [-0.1, -0.05) is 56.5 Å². The molecule has 1 aromatic rings. The molecule has 1 aliphatic carbocycles. The van der Waals surface area contributed by atoms with Gasteiger partial charge in [-0.15, -0.1) is 0 Å². The average molecular weight is 371 g/mol. The summed E-state index contributed by atoms with van der Waals surface area (Å²) in [7, 11) is 1.69. The van der Waals surface area contributed by atoms with Crippen molar-refractivity contribution < 1.29 is 14.4 Å². The van der Waals surface area contributed by atoms with E-state index in [0.717, 1.165) is 30.6 Å². The Bertz CT molecular complexity index is 698. The molecule has 4 amide bonds. The molecule has 2 aliphatic rings. The van der Waals surface area contributed by atoms with Gasteiger partial charge in [0.15, 0.2) is 0 Å². The van der Waals surface area contributed by atoms with E-state index in [1.54, 1.807) is 11.9 Å². The lowest BCUT2D eigenvalue weighted by Crippen LogP contribution is -2.49. The Balaban J connectivity index is 1.60. The summed E-state index contributed by atoms with van der Waals surface area (Å²) in [5, 5.41) is 2.90. The van der Waals surface area contributed by atoms with Gasteiger partial charge in [-0.2, -0.15) is 0 Å². The molecule has 146 valence electrons. The molecular weight excluding hydrogens is 342 g/mol. The number of nitrogens with zero attached hydrogens (tertiary/aromatic N) is 2. The molecule has 0 bridgehead atoms. The molecule has 0 radical (unpaired) electrons. The van der Waals surface area contributed by atoms with Gasteiger partial charge >= 0.3 is 6.03 Å². The molecule has 1 atom stereocenters. The summed E-state index contributed by atoms with van der Waals surface area (Å²) in [5.41, 5.74) is 0.445. The van der Waals surface area contributed by atoms with Crippen LogP contribution in [0.2, 0.25) is 0 Å². The molecule has 1 saturated heterocycles. The van der Waals surface area contributed by atoms with Crippen LogP contribution in [0.25, 0.3) is 0 Å². The van der Waals surface area contributed by atoms with Crippen LogP contribution in [-0.2, 0) is 9.59 Å². The Morgan fingerprint density at radius 2 is 1.81 bits per heavy atom. The lowest BCUT2D eigenvalue weighted by atomic mass is 9.81. The minimum Gasteiger partial charge on any atom is -0.354 e. The zero-order valence-electron chi connectivity index (χ0n) is 16.2. The Kier molecular flexibility index (Phi) is 5.82. The molecule has 1 unspecified atom stereocenters. The third-order valence-corrected chi connectivity index (χ3v) is 6.09. The number of imide groups is 1. The van der Waals surface area contributed by atoms with E-state index in [0.29, 0.717) is 19.4 Å². The fourth-order valence-electron chi connectivity index (χ4n) is 4.33. The topological polar surface area (TPSA) is 69.7 Å². The van der Waals surface area contributed by atoms with Crippen LogP contribution in [0.4, 0.5) is 4.79 Å². The first-order valence-electron chi connectivity index (χ1n) is 9.91. The second-order valence-electron chi connectivity index (χ2n) is 7.65. The van der Waals surface area contributed by atoms with Crippen molar-refractivity contribution in [2.45, 2.75) is 56.9 Å². The summed E-state index contributed by atoms with van der Waals surface area (Å²) >= 11 is 0. The number of likely N-dealkylation sites (N-methyl/N-ethyl adjacent to an activating group) is 1. The molecule has 6 nitrogen and oxygen atoms in total. The lowest BCUT2D eigenvalue weighted by Gasteiger charge is -2.35. The van der Waals surface area contributed by atoms with Crippen LogP contribution in [0.15, 0.2) is 30.3 Å². The van der Waals surface area contributed by atoms with Crippen LogP contribution in [-0.4, -0.2) is 53.3 Å². The van der Waals surface area contributed by atoms with E-state index < -0.39 is 5.54 Å². The standard InChI is InChI=1S/C21H29N3O3/c1-3-16(17-10-6-4-7-11-17)14-22-18(25)15-24-19(26)21(23(2)20(24)27)12-8-5-9-13-21/h4,6-7,10-11,16H,3,5,8-9,12-15H2,1-2H3,(H,22,25). The summed E-state index contributed by atoms with van der Waals surface area (Å²) in [6.07, 6.45) is 5.26. The molecule has 1 saturated carbocycles. The van der Waals surface area contributed by atoms with Gasteiger partial charge in [-0.3, -0.25) is 14.5 Å². The van der Waals surface area contributed by atoms with Gasteiger partial charge in [-0.25, -0.2) is 4.79 Å². The fraction of sp³-hybridized carbons (Fsp3) is 0.571. The van der Waals surface area contributed by atoms with E-state index in [1.165, 1.54) is 5.56 Å². The molecule has 1 heterocycles. The Morgan fingerprint density at radius 1 is 1.15 bits per heavy atom. The molecular formula is C21H29N3O3. The number of rotatable bonds is 6. The predicted molar refractivity (Wildman–Crippen MR) is 103 cm³/mol. The van der Waals surface area contributed by atoms with Gasteiger partial charge < -0.3 is 10.2 Å². The zero-order valence-corrected chi connectivity index (χ0v) is 16.2. The van der Waals surface area contributed by atoms with Crippen LogP contribution < -0.4 is 5.32 Å². The van der Waals surface area contributed by atoms with Gasteiger partial charge in [0.05, 0.1) is 0 Å². The number of amides is 4. The lowest BCUT2D eigenvalue weighted by molar-refractivity contribution is -0.137. The quantitative estimate of drug-likeness (QED) is 0.782. The average Bonchev–Trinajstić information content (AvgIpc) is 2.86. The van der Waals surface area contributed by atoms with Crippen molar-refractivity contribution in [3.63, 3.8) is 0 Å². The Labute approximate surface area is 160 Å².